The summed E-state index contributed by atoms with van der Waals surface area (Å²) in [6.07, 6.45) is 0.425. The standard InChI is InChI=1S/C9H16F2N2O/c1-2-5-12-8(14)13-6-3-9(10,11)4-7-13/h2-7H2,1H3,(H,12,14). The summed E-state index contributed by atoms with van der Waals surface area (Å²) in [6, 6.07) is -0.220. The molecule has 1 fully saturated rings. The Labute approximate surface area is 82.5 Å². The highest BCUT2D eigenvalue weighted by molar-refractivity contribution is 5.74. The van der Waals surface area contributed by atoms with Crippen molar-refractivity contribution in [2.24, 2.45) is 0 Å². The van der Waals surface area contributed by atoms with Gasteiger partial charge in [-0.15, -0.1) is 0 Å². The number of likely N-dealkylation sites (tertiary alicyclic amines) is 1. The Morgan fingerprint density at radius 3 is 2.50 bits per heavy atom. The molecule has 5 heteroatoms. The molecule has 0 radical (unpaired) electrons. The van der Waals surface area contributed by atoms with Gasteiger partial charge in [0.15, 0.2) is 0 Å². The molecule has 0 aromatic carbocycles. The van der Waals surface area contributed by atoms with Crippen molar-refractivity contribution >= 4 is 6.03 Å². The third-order valence-electron chi connectivity index (χ3n) is 2.31. The molecule has 0 aliphatic carbocycles. The molecular weight excluding hydrogens is 190 g/mol. The summed E-state index contributed by atoms with van der Waals surface area (Å²) in [5.74, 6) is -2.58. The minimum atomic E-state index is -2.58. The lowest BCUT2D eigenvalue weighted by Gasteiger charge is -2.31. The van der Waals surface area contributed by atoms with Gasteiger partial charge in [-0.1, -0.05) is 6.92 Å². The molecule has 1 N–H and O–H groups in total. The van der Waals surface area contributed by atoms with E-state index in [1.165, 1.54) is 4.90 Å². The van der Waals surface area contributed by atoms with Crippen LogP contribution in [0, 0.1) is 0 Å². The van der Waals surface area contributed by atoms with E-state index in [0.717, 1.165) is 6.42 Å². The van der Waals surface area contributed by atoms with Crippen LogP contribution in [0.4, 0.5) is 13.6 Å². The number of urea groups is 1. The molecule has 1 aliphatic heterocycles. The van der Waals surface area contributed by atoms with E-state index in [9.17, 15) is 13.6 Å². The third-order valence-corrected chi connectivity index (χ3v) is 2.31. The van der Waals surface area contributed by atoms with Gasteiger partial charge in [0.25, 0.3) is 5.92 Å². The lowest BCUT2D eigenvalue weighted by Crippen LogP contribution is -2.47. The highest BCUT2D eigenvalue weighted by Crippen LogP contribution is 2.27. The van der Waals surface area contributed by atoms with Gasteiger partial charge in [0.05, 0.1) is 0 Å². The summed E-state index contributed by atoms with van der Waals surface area (Å²) in [5, 5.41) is 2.67. The number of amides is 2. The van der Waals surface area contributed by atoms with Gasteiger partial charge in [-0.05, 0) is 6.42 Å². The van der Waals surface area contributed by atoms with Gasteiger partial charge in [-0.25, -0.2) is 13.6 Å². The second-order valence-corrected chi connectivity index (χ2v) is 3.57. The summed E-state index contributed by atoms with van der Waals surface area (Å²) >= 11 is 0. The van der Waals surface area contributed by atoms with Crippen LogP contribution < -0.4 is 5.32 Å². The topological polar surface area (TPSA) is 32.3 Å². The monoisotopic (exact) mass is 206 g/mol. The van der Waals surface area contributed by atoms with Crippen molar-refractivity contribution in [3.05, 3.63) is 0 Å². The van der Waals surface area contributed by atoms with Gasteiger partial charge in [0, 0.05) is 32.5 Å². The van der Waals surface area contributed by atoms with Crippen molar-refractivity contribution in [2.75, 3.05) is 19.6 Å². The highest BCUT2D eigenvalue weighted by atomic mass is 19.3. The molecule has 1 rings (SSSR count). The first-order chi connectivity index (χ1) is 6.55. The van der Waals surface area contributed by atoms with Gasteiger partial charge in [-0.2, -0.15) is 0 Å². The first-order valence-electron chi connectivity index (χ1n) is 4.96. The van der Waals surface area contributed by atoms with Crippen LogP contribution in [0.15, 0.2) is 0 Å². The predicted molar refractivity (Wildman–Crippen MR) is 49.4 cm³/mol. The van der Waals surface area contributed by atoms with E-state index in [2.05, 4.69) is 5.32 Å². The summed E-state index contributed by atoms with van der Waals surface area (Å²) < 4.78 is 25.5. The molecule has 0 spiro atoms. The zero-order valence-corrected chi connectivity index (χ0v) is 8.35. The van der Waals surface area contributed by atoms with E-state index in [1.54, 1.807) is 0 Å². The van der Waals surface area contributed by atoms with Crippen LogP contribution in [-0.2, 0) is 0 Å². The quantitative estimate of drug-likeness (QED) is 0.734. The number of hydrogen-bond donors (Lipinski definition) is 1. The van der Waals surface area contributed by atoms with Crippen molar-refractivity contribution in [1.82, 2.24) is 10.2 Å². The fraction of sp³-hybridized carbons (Fsp3) is 0.889. The van der Waals surface area contributed by atoms with E-state index >= 15 is 0 Å². The van der Waals surface area contributed by atoms with E-state index in [1.807, 2.05) is 6.92 Å². The molecule has 1 aliphatic rings. The van der Waals surface area contributed by atoms with Crippen molar-refractivity contribution in [3.63, 3.8) is 0 Å². The Kier molecular flexibility index (Phi) is 3.66. The smallest absolute Gasteiger partial charge is 0.317 e. The van der Waals surface area contributed by atoms with Crippen molar-refractivity contribution in [1.29, 1.82) is 0 Å². The molecular formula is C9H16F2N2O. The van der Waals surface area contributed by atoms with Crippen LogP contribution in [-0.4, -0.2) is 36.5 Å². The number of carbonyl (C=O) groups is 1. The highest BCUT2D eigenvalue weighted by Gasteiger charge is 2.35. The maximum Gasteiger partial charge on any atom is 0.317 e. The molecule has 0 saturated carbocycles. The molecule has 3 nitrogen and oxygen atoms in total. The van der Waals surface area contributed by atoms with Crippen LogP contribution >= 0.6 is 0 Å². The molecule has 82 valence electrons. The first kappa shape index (κ1) is 11.2. The van der Waals surface area contributed by atoms with Gasteiger partial charge in [0.1, 0.15) is 0 Å². The fourth-order valence-corrected chi connectivity index (χ4v) is 1.38. The lowest BCUT2D eigenvalue weighted by atomic mass is 10.1. The average Bonchev–Trinajstić information content (AvgIpc) is 2.14. The van der Waals surface area contributed by atoms with Gasteiger partial charge in [-0.3, -0.25) is 0 Å². The zero-order chi connectivity index (χ0) is 10.6. The largest absolute Gasteiger partial charge is 0.338 e. The number of rotatable bonds is 2. The Hall–Kier alpha value is -0.870. The van der Waals surface area contributed by atoms with Crippen molar-refractivity contribution < 1.29 is 13.6 Å². The predicted octanol–water partition coefficient (Wildman–Crippen LogP) is 1.84. The molecule has 0 atom stereocenters. The van der Waals surface area contributed by atoms with Crippen LogP contribution in [0.1, 0.15) is 26.2 Å². The molecule has 0 unspecified atom stereocenters. The molecule has 1 heterocycles. The van der Waals surface area contributed by atoms with Gasteiger partial charge in [0.2, 0.25) is 0 Å². The van der Waals surface area contributed by atoms with Crippen molar-refractivity contribution in [2.45, 2.75) is 32.1 Å². The third kappa shape index (κ3) is 3.12. The number of halogens is 2. The number of nitrogens with zero attached hydrogens (tertiary/aromatic N) is 1. The van der Waals surface area contributed by atoms with Crippen molar-refractivity contribution in [3.8, 4) is 0 Å². The Morgan fingerprint density at radius 2 is 2.00 bits per heavy atom. The van der Waals surface area contributed by atoms with Gasteiger partial charge >= 0.3 is 6.03 Å². The zero-order valence-electron chi connectivity index (χ0n) is 8.35. The molecule has 2 amide bonds. The lowest BCUT2D eigenvalue weighted by molar-refractivity contribution is -0.0469. The Morgan fingerprint density at radius 1 is 1.43 bits per heavy atom. The summed E-state index contributed by atoms with van der Waals surface area (Å²) in [5.41, 5.74) is 0. The molecule has 0 bridgehead atoms. The number of nitrogens with one attached hydrogen (secondary N) is 1. The summed E-state index contributed by atoms with van der Waals surface area (Å²) in [6.45, 7) is 2.86. The minimum Gasteiger partial charge on any atom is -0.338 e. The first-order valence-corrected chi connectivity index (χ1v) is 4.96. The van der Waals surface area contributed by atoms with Crippen LogP contribution in [0.2, 0.25) is 0 Å². The van der Waals surface area contributed by atoms with E-state index in [0.29, 0.717) is 6.54 Å². The van der Waals surface area contributed by atoms with E-state index in [4.69, 9.17) is 0 Å². The SMILES string of the molecule is CCCNC(=O)N1CCC(F)(F)CC1. The maximum absolute atomic E-state index is 12.7. The molecule has 0 aromatic rings. The summed E-state index contributed by atoms with van der Waals surface area (Å²) in [4.78, 5) is 12.8. The van der Waals surface area contributed by atoms with E-state index in [-0.39, 0.29) is 32.0 Å². The Bertz CT molecular complexity index is 199. The van der Waals surface area contributed by atoms with E-state index < -0.39 is 5.92 Å². The minimum absolute atomic E-state index is 0.155. The number of piperidine rings is 1. The summed E-state index contributed by atoms with van der Waals surface area (Å²) in [7, 11) is 0. The van der Waals surface area contributed by atoms with Crippen LogP contribution in [0.3, 0.4) is 0 Å². The molecule has 1 saturated heterocycles. The fourth-order valence-electron chi connectivity index (χ4n) is 1.38. The molecule has 0 aromatic heterocycles. The second-order valence-electron chi connectivity index (χ2n) is 3.57. The van der Waals surface area contributed by atoms with Gasteiger partial charge < -0.3 is 10.2 Å². The number of carbonyl (C=O) groups excluding carboxylic acids is 1. The normalized spacial score (nSPS) is 20.6. The number of hydrogen-bond acceptors (Lipinski definition) is 1. The Balaban J connectivity index is 2.30. The van der Waals surface area contributed by atoms with Crippen LogP contribution in [0.5, 0.6) is 0 Å². The maximum atomic E-state index is 12.7. The molecule has 14 heavy (non-hydrogen) atoms. The second kappa shape index (κ2) is 4.57. The van der Waals surface area contributed by atoms with Crippen LogP contribution in [0.25, 0.3) is 0 Å². The number of alkyl halides is 2. The average molecular weight is 206 g/mol.